The van der Waals surface area contributed by atoms with Crippen molar-refractivity contribution in [1.82, 2.24) is 0 Å². The number of ether oxygens (including phenoxy) is 1. The number of hydrogen-bond acceptors (Lipinski definition) is 5. The zero-order valence-corrected chi connectivity index (χ0v) is 5.00. The van der Waals surface area contributed by atoms with E-state index in [0.29, 0.717) is 0 Å². The molecular weight excluding hydrogens is 126 g/mol. The van der Waals surface area contributed by atoms with Crippen LogP contribution in [0.2, 0.25) is 0 Å². The van der Waals surface area contributed by atoms with Crippen LogP contribution in [0.25, 0.3) is 0 Å². The summed E-state index contributed by atoms with van der Waals surface area (Å²) < 4.78 is 3.99. The lowest BCUT2D eigenvalue weighted by Gasteiger charge is -2.14. The lowest BCUT2D eigenvalue weighted by molar-refractivity contribution is -0.202. The molecule has 5 heteroatoms. The number of esters is 1. The summed E-state index contributed by atoms with van der Waals surface area (Å²) in [6, 6.07) is 0. The first-order valence-corrected chi connectivity index (χ1v) is 2.28. The highest BCUT2D eigenvalue weighted by molar-refractivity contribution is 5.77. The molecule has 9 heavy (non-hydrogen) atoms. The second kappa shape index (κ2) is 2.77. The first-order chi connectivity index (χ1) is 4.04. The molecule has 0 saturated carbocycles. The van der Waals surface area contributed by atoms with Gasteiger partial charge in [0.1, 0.15) is 0 Å². The topological polar surface area (TPSA) is 92.8 Å². The van der Waals surface area contributed by atoms with Crippen LogP contribution in [0.4, 0.5) is 0 Å². The van der Waals surface area contributed by atoms with Crippen molar-refractivity contribution in [3.63, 3.8) is 0 Å². The summed E-state index contributed by atoms with van der Waals surface area (Å²) in [5.41, 5.74) is 4.78. The van der Waals surface area contributed by atoms with E-state index < -0.39 is 18.3 Å². The zero-order chi connectivity index (χ0) is 7.49. The molecule has 0 aliphatic carbocycles. The smallest absolute Gasteiger partial charge is 0.367 e. The number of carbonyl (C=O) groups excluding carboxylic acids is 1. The highest BCUT2D eigenvalue weighted by Crippen LogP contribution is 1.97. The summed E-state index contributed by atoms with van der Waals surface area (Å²) in [7, 11) is 1.04. The van der Waals surface area contributed by atoms with Crippen LogP contribution in [0.3, 0.4) is 0 Å². The van der Waals surface area contributed by atoms with E-state index in [1.54, 1.807) is 0 Å². The van der Waals surface area contributed by atoms with Crippen LogP contribution in [-0.2, 0) is 9.53 Å². The third-order valence-corrected chi connectivity index (χ3v) is 0.797. The Balaban J connectivity index is 3.97. The van der Waals surface area contributed by atoms with Gasteiger partial charge in [-0.1, -0.05) is 0 Å². The van der Waals surface area contributed by atoms with Crippen LogP contribution in [0.15, 0.2) is 0 Å². The molecular formula is C4H9NO4. The summed E-state index contributed by atoms with van der Waals surface area (Å²) >= 11 is 0. The van der Waals surface area contributed by atoms with Gasteiger partial charge >= 0.3 is 5.97 Å². The molecule has 0 bridgehead atoms. The molecule has 4 N–H and O–H groups in total. The highest BCUT2D eigenvalue weighted by Gasteiger charge is 2.32. The standard InChI is InChI=1S/C4H9NO4/c1-9-3(6)4(7,8)2-5/h7-8H,2,5H2,1H3. The molecule has 0 spiro atoms. The summed E-state index contributed by atoms with van der Waals surface area (Å²) in [5, 5.41) is 17.1. The molecule has 0 rings (SSSR count). The van der Waals surface area contributed by atoms with Gasteiger partial charge in [0, 0.05) is 0 Å². The number of hydrogen-bond donors (Lipinski definition) is 3. The van der Waals surface area contributed by atoms with E-state index in [4.69, 9.17) is 15.9 Å². The number of nitrogens with two attached hydrogens (primary N) is 1. The van der Waals surface area contributed by atoms with Crippen LogP contribution < -0.4 is 5.73 Å². The molecule has 0 fully saturated rings. The van der Waals surface area contributed by atoms with E-state index in [1.165, 1.54) is 0 Å². The Hall–Kier alpha value is -0.650. The predicted octanol–water partition coefficient (Wildman–Crippen LogP) is -2.20. The third-order valence-electron chi connectivity index (χ3n) is 0.797. The van der Waals surface area contributed by atoms with Gasteiger partial charge in [0.25, 0.3) is 5.79 Å². The van der Waals surface area contributed by atoms with Crippen molar-refractivity contribution in [1.29, 1.82) is 0 Å². The van der Waals surface area contributed by atoms with Gasteiger partial charge in [-0.2, -0.15) is 0 Å². The minimum atomic E-state index is -2.53. The molecule has 0 aliphatic rings. The number of aliphatic hydroxyl groups is 2. The number of methoxy groups -OCH3 is 1. The maximum atomic E-state index is 10.3. The largest absolute Gasteiger partial charge is 0.465 e. The van der Waals surface area contributed by atoms with Gasteiger partial charge in [-0.3, -0.25) is 0 Å². The Labute approximate surface area is 52.0 Å². The van der Waals surface area contributed by atoms with E-state index in [9.17, 15) is 4.79 Å². The molecule has 0 aromatic carbocycles. The van der Waals surface area contributed by atoms with E-state index in [-0.39, 0.29) is 0 Å². The van der Waals surface area contributed by atoms with Gasteiger partial charge < -0.3 is 20.7 Å². The maximum Gasteiger partial charge on any atom is 0.367 e. The van der Waals surface area contributed by atoms with E-state index in [0.717, 1.165) is 7.11 Å². The molecule has 0 aromatic heterocycles. The second-order valence-electron chi connectivity index (χ2n) is 1.51. The quantitative estimate of drug-likeness (QED) is 0.295. The van der Waals surface area contributed by atoms with Gasteiger partial charge in [0.05, 0.1) is 13.7 Å². The van der Waals surface area contributed by atoms with Crippen LogP contribution in [0, 0.1) is 0 Å². The lowest BCUT2D eigenvalue weighted by Crippen LogP contribution is -2.46. The Kier molecular flexibility index (Phi) is 2.57. The van der Waals surface area contributed by atoms with Crippen LogP contribution in [0.1, 0.15) is 0 Å². The van der Waals surface area contributed by atoms with Gasteiger partial charge in [-0.05, 0) is 0 Å². The Morgan fingerprint density at radius 2 is 2.22 bits per heavy atom. The van der Waals surface area contributed by atoms with Crippen molar-refractivity contribution < 1.29 is 19.7 Å². The molecule has 5 nitrogen and oxygen atoms in total. The molecule has 0 unspecified atom stereocenters. The third kappa shape index (κ3) is 1.96. The van der Waals surface area contributed by atoms with Gasteiger partial charge in [0.15, 0.2) is 0 Å². The first-order valence-electron chi connectivity index (χ1n) is 2.28. The second-order valence-corrected chi connectivity index (χ2v) is 1.51. The Morgan fingerprint density at radius 1 is 1.78 bits per heavy atom. The minimum Gasteiger partial charge on any atom is -0.465 e. The Bertz CT molecular complexity index is 111. The van der Waals surface area contributed by atoms with E-state index in [2.05, 4.69) is 4.74 Å². The summed E-state index contributed by atoms with van der Waals surface area (Å²) in [5.74, 6) is -3.68. The first kappa shape index (κ1) is 8.35. The van der Waals surface area contributed by atoms with Crippen molar-refractivity contribution >= 4 is 5.97 Å². The monoisotopic (exact) mass is 135 g/mol. The number of rotatable bonds is 2. The maximum absolute atomic E-state index is 10.3. The highest BCUT2D eigenvalue weighted by atomic mass is 16.6. The number of carbonyl (C=O) groups is 1. The Morgan fingerprint density at radius 3 is 2.33 bits per heavy atom. The SMILES string of the molecule is COC(=O)C(O)(O)CN. The molecule has 0 atom stereocenters. The fourth-order valence-corrected chi connectivity index (χ4v) is 0.247. The lowest BCUT2D eigenvalue weighted by atomic mass is 10.3. The fraction of sp³-hybridized carbons (Fsp3) is 0.750. The van der Waals surface area contributed by atoms with Crippen molar-refractivity contribution in [2.24, 2.45) is 5.73 Å². The molecule has 0 heterocycles. The summed E-state index contributed by atoms with van der Waals surface area (Å²) in [4.78, 5) is 10.3. The minimum absolute atomic E-state index is 0.570. The van der Waals surface area contributed by atoms with Crippen LogP contribution in [-0.4, -0.2) is 35.6 Å². The zero-order valence-electron chi connectivity index (χ0n) is 5.00. The normalized spacial score (nSPS) is 11.1. The van der Waals surface area contributed by atoms with E-state index in [1.807, 2.05) is 0 Å². The van der Waals surface area contributed by atoms with Gasteiger partial charge in [-0.15, -0.1) is 0 Å². The van der Waals surface area contributed by atoms with Crippen molar-refractivity contribution in [2.45, 2.75) is 5.79 Å². The van der Waals surface area contributed by atoms with Crippen molar-refractivity contribution in [2.75, 3.05) is 13.7 Å². The summed E-state index contributed by atoms with van der Waals surface area (Å²) in [6.45, 7) is -0.570. The van der Waals surface area contributed by atoms with Crippen LogP contribution >= 0.6 is 0 Å². The van der Waals surface area contributed by atoms with Gasteiger partial charge in [0.2, 0.25) is 0 Å². The fourth-order valence-electron chi connectivity index (χ4n) is 0.247. The molecule has 54 valence electrons. The van der Waals surface area contributed by atoms with Crippen molar-refractivity contribution in [3.8, 4) is 0 Å². The predicted molar refractivity (Wildman–Crippen MR) is 28.2 cm³/mol. The summed E-state index contributed by atoms with van der Waals surface area (Å²) in [6.07, 6.45) is 0. The average Bonchev–Trinajstić information content (AvgIpc) is 1.86. The molecule has 0 aromatic rings. The van der Waals surface area contributed by atoms with E-state index >= 15 is 0 Å². The molecule has 0 saturated heterocycles. The molecule has 0 amide bonds. The van der Waals surface area contributed by atoms with Crippen LogP contribution in [0.5, 0.6) is 0 Å². The van der Waals surface area contributed by atoms with Gasteiger partial charge in [-0.25, -0.2) is 4.79 Å². The molecule has 0 radical (unpaired) electrons. The molecule has 0 aliphatic heterocycles. The average molecular weight is 135 g/mol. The van der Waals surface area contributed by atoms with Crippen molar-refractivity contribution in [3.05, 3.63) is 0 Å².